The molecule has 6 heteroatoms. The lowest BCUT2D eigenvalue weighted by Crippen LogP contribution is -2.38. The zero-order valence-electron chi connectivity index (χ0n) is 16.1. The van der Waals surface area contributed by atoms with Gasteiger partial charge < -0.3 is 10.5 Å². The van der Waals surface area contributed by atoms with Gasteiger partial charge in [-0.3, -0.25) is 4.90 Å². The Morgan fingerprint density at radius 1 is 1.11 bits per heavy atom. The van der Waals surface area contributed by atoms with Crippen LogP contribution in [0, 0.1) is 0 Å². The van der Waals surface area contributed by atoms with E-state index in [1.165, 1.54) is 0 Å². The van der Waals surface area contributed by atoms with Crippen molar-refractivity contribution < 1.29 is 4.74 Å². The summed E-state index contributed by atoms with van der Waals surface area (Å²) in [5, 5.41) is 5.59. The van der Waals surface area contributed by atoms with Crippen molar-refractivity contribution in [2.75, 3.05) is 38.6 Å². The van der Waals surface area contributed by atoms with Crippen molar-refractivity contribution in [3.05, 3.63) is 42.1 Å². The second-order valence-electron chi connectivity index (χ2n) is 7.38. The molecule has 1 aliphatic rings. The number of rotatable bonds is 5. The molecule has 0 amide bonds. The zero-order valence-corrected chi connectivity index (χ0v) is 16.1. The number of benzene rings is 1. The molecule has 1 saturated heterocycles. The van der Waals surface area contributed by atoms with Crippen LogP contribution in [0.1, 0.15) is 25.5 Å². The minimum atomic E-state index is 0.334. The average molecular weight is 365 g/mol. The Balaban J connectivity index is 1.76. The van der Waals surface area contributed by atoms with Crippen LogP contribution in [-0.2, 0) is 11.3 Å². The molecule has 4 rings (SSSR count). The van der Waals surface area contributed by atoms with Crippen molar-refractivity contribution in [3.63, 3.8) is 0 Å². The summed E-state index contributed by atoms with van der Waals surface area (Å²) in [6.07, 6.45) is 0. The van der Waals surface area contributed by atoms with Crippen molar-refractivity contribution in [2.45, 2.75) is 26.3 Å². The Morgan fingerprint density at radius 2 is 1.85 bits per heavy atom. The van der Waals surface area contributed by atoms with E-state index in [1.54, 1.807) is 0 Å². The van der Waals surface area contributed by atoms with Crippen LogP contribution in [0.2, 0.25) is 0 Å². The number of nitrogen functional groups attached to an aromatic ring is 1. The van der Waals surface area contributed by atoms with Crippen LogP contribution in [0.5, 0.6) is 0 Å². The molecule has 0 bridgehead atoms. The van der Waals surface area contributed by atoms with Gasteiger partial charge in [0.2, 0.25) is 0 Å². The quantitative estimate of drug-likeness (QED) is 0.752. The molecule has 6 nitrogen and oxygen atoms in total. The first kappa shape index (κ1) is 17.9. The summed E-state index contributed by atoms with van der Waals surface area (Å²) in [5.74, 6) is 0.884. The van der Waals surface area contributed by atoms with E-state index in [-0.39, 0.29) is 0 Å². The second-order valence-corrected chi connectivity index (χ2v) is 7.38. The van der Waals surface area contributed by atoms with Gasteiger partial charge in [0.25, 0.3) is 0 Å². The lowest BCUT2D eigenvalue weighted by molar-refractivity contribution is 0.0361. The average Bonchev–Trinajstić information content (AvgIpc) is 3.03. The normalized spacial score (nSPS) is 15.7. The van der Waals surface area contributed by atoms with E-state index in [4.69, 9.17) is 15.5 Å². The molecule has 1 fully saturated rings. The number of nitrogens with two attached hydrogens (primary N) is 1. The van der Waals surface area contributed by atoms with Gasteiger partial charge in [-0.15, -0.1) is 0 Å². The van der Waals surface area contributed by atoms with Gasteiger partial charge in [-0.1, -0.05) is 44.2 Å². The van der Waals surface area contributed by atoms with E-state index >= 15 is 0 Å². The summed E-state index contributed by atoms with van der Waals surface area (Å²) in [5.41, 5.74) is 10.5. The predicted octanol–water partition coefficient (Wildman–Crippen LogP) is 3.14. The lowest BCUT2D eigenvalue weighted by Gasteiger charge is -2.26. The van der Waals surface area contributed by atoms with Crippen molar-refractivity contribution in [2.24, 2.45) is 0 Å². The Labute approximate surface area is 159 Å². The first-order chi connectivity index (χ1) is 13.1. The molecule has 1 aliphatic heterocycles. The highest BCUT2D eigenvalue weighted by Crippen LogP contribution is 2.34. The smallest absolute Gasteiger partial charge is 0.160 e. The van der Waals surface area contributed by atoms with Gasteiger partial charge in [0.05, 0.1) is 25.1 Å². The van der Waals surface area contributed by atoms with Crippen LogP contribution in [0.15, 0.2) is 36.4 Å². The van der Waals surface area contributed by atoms with Gasteiger partial charge >= 0.3 is 0 Å². The number of pyridine rings is 1. The fourth-order valence-electron chi connectivity index (χ4n) is 3.58. The molecular formula is C21H27N5O. The van der Waals surface area contributed by atoms with Crippen LogP contribution in [-0.4, -0.2) is 52.5 Å². The third-order valence-corrected chi connectivity index (χ3v) is 5.16. The molecule has 2 aromatic heterocycles. The molecule has 2 N–H and O–H groups in total. The van der Waals surface area contributed by atoms with Crippen LogP contribution in [0.3, 0.4) is 0 Å². The number of anilines is 1. The summed E-state index contributed by atoms with van der Waals surface area (Å²) >= 11 is 0. The highest BCUT2D eigenvalue weighted by molar-refractivity contribution is 6.00. The second kappa shape index (κ2) is 7.66. The van der Waals surface area contributed by atoms with Crippen LogP contribution in [0.4, 0.5) is 5.82 Å². The summed E-state index contributed by atoms with van der Waals surface area (Å²) in [6, 6.07) is 12.5. The number of aromatic nitrogens is 3. The highest BCUT2D eigenvalue weighted by Gasteiger charge is 2.19. The molecule has 0 spiro atoms. The molecule has 0 radical (unpaired) electrons. The minimum Gasteiger partial charge on any atom is -0.382 e. The maximum Gasteiger partial charge on any atom is 0.160 e. The van der Waals surface area contributed by atoms with E-state index in [0.29, 0.717) is 11.7 Å². The van der Waals surface area contributed by atoms with Gasteiger partial charge in [0.1, 0.15) is 0 Å². The predicted molar refractivity (Wildman–Crippen MR) is 109 cm³/mol. The first-order valence-corrected chi connectivity index (χ1v) is 9.66. The Bertz CT molecular complexity index is 913. The summed E-state index contributed by atoms with van der Waals surface area (Å²) in [7, 11) is 0. The lowest BCUT2D eigenvalue weighted by atomic mass is 9.99. The molecular weight excluding hydrogens is 338 g/mol. The summed E-state index contributed by atoms with van der Waals surface area (Å²) < 4.78 is 7.41. The first-order valence-electron chi connectivity index (χ1n) is 9.66. The minimum absolute atomic E-state index is 0.334. The number of hydrogen-bond acceptors (Lipinski definition) is 5. The third-order valence-electron chi connectivity index (χ3n) is 5.16. The molecule has 0 aliphatic carbocycles. The van der Waals surface area contributed by atoms with E-state index in [0.717, 1.165) is 67.2 Å². The largest absolute Gasteiger partial charge is 0.382 e. The van der Waals surface area contributed by atoms with Crippen LogP contribution < -0.4 is 5.73 Å². The summed E-state index contributed by atoms with van der Waals surface area (Å²) in [4.78, 5) is 7.32. The van der Waals surface area contributed by atoms with Gasteiger partial charge in [-0.25, -0.2) is 9.67 Å². The van der Waals surface area contributed by atoms with E-state index in [9.17, 15) is 0 Å². The SMILES string of the molecule is CC(C)c1cc(-c2ccccc2)c2c(N)nn(CCN3CCOCC3)c2n1. The Hall–Kier alpha value is -2.44. The maximum absolute atomic E-state index is 6.34. The van der Waals surface area contributed by atoms with Crippen molar-refractivity contribution in [1.82, 2.24) is 19.7 Å². The molecule has 0 atom stereocenters. The summed E-state index contributed by atoms with van der Waals surface area (Å²) in [6.45, 7) is 9.57. The van der Waals surface area contributed by atoms with E-state index < -0.39 is 0 Å². The standard InChI is InChI=1S/C21H27N5O/c1-15(2)18-14-17(16-6-4-3-5-7-16)19-20(22)24-26(21(19)23-18)9-8-25-10-12-27-13-11-25/h3-7,14-15H,8-13H2,1-2H3,(H2,22,24). The molecule has 0 saturated carbocycles. The molecule has 142 valence electrons. The Morgan fingerprint density at radius 3 is 2.56 bits per heavy atom. The van der Waals surface area contributed by atoms with Crippen molar-refractivity contribution in [3.8, 4) is 11.1 Å². The number of ether oxygens (including phenoxy) is 1. The topological polar surface area (TPSA) is 69.2 Å². The van der Waals surface area contributed by atoms with E-state index in [1.807, 2.05) is 10.7 Å². The zero-order chi connectivity index (χ0) is 18.8. The fraction of sp³-hybridized carbons (Fsp3) is 0.429. The number of nitrogens with zero attached hydrogens (tertiary/aromatic N) is 4. The van der Waals surface area contributed by atoms with E-state index in [2.05, 4.69) is 54.2 Å². The van der Waals surface area contributed by atoms with Gasteiger partial charge in [-0.05, 0) is 23.1 Å². The molecule has 3 aromatic rings. The van der Waals surface area contributed by atoms with Crippen LogP contribution in [0.25, 0.3) is 22.2 Å². The van der Waals surface area contributed by atoms with Gasteiger partial charge in [-0.2, -0.15) is 5.10 Å². The maximum atomic E-state index is 6.34. The number of hydrogen-bond donors (Lipinski definition) is 1. The van der Waals surface area contributed by atoms with Crippen molar-refractivity contribution in [1.29, 1.82) is 0 Å². The van der Waals surface area contributed by atoms with Crippen LogP contribution >= 0.6 is 0 Å². The molecule has 27 heavy (non-hydrogen) atoms. The number of fused-ring (bicyclic) bond motifs is 1. The highest BCUT2D eigenvalue weighted by atomic mass is 16.5. The van der Waals surface area contributed by atoms with Crippen molar-refractivity contribution >= 4 is 16.9 Å². The Kier molecular flexibility index (Phi) is 5.09. The third kappa shape index (κ3) is 3.68. The number of morpholine rings is 1. The monoisotopic (exact) mass is 365 g/mol. The molecule has 0 unspecified atom stereocenters. The molecule has 3 heterocycles. The fourth-order valence-corrected chi connectivity index (χ4v) is 3.58. The molecule has 1 aromatic carbocycles. The van der Waals surface area contributed by atoms with Gasteiger partial charge in [0, 0.05) is 25.3 Å². The van der Waals surface area contributed by atoms with Gasteiger partial charge in [0.15, 0.2) is 11.5 Å².